The molecule has 0 aromatic heterocycles. The Balaban J connectivity index is 2.92. The molecule has 0 spiro atoms. The molecule has 3 heteroatoms. The van der Waals surface area contributed by atoms with Gasteiger partial charge in [-0.2, -0.15) is 0 Å². The van der Waals surface area contributed by atoms with Crippen LogP contribution in [0.4, 0.5) is 0 Å². The van der Waals surface area contributed by atoms with Gasteiger partial charge in [-0.05, 0) is 10.8 Å². The van der Waals surface area contributed by atoms with Crippen LogP contribution in [0.5, 0.6) is 0 Å². The Bertz CT molecular complexity index is 100.0. The van der Waals surface area contributed by atoms with Crippen LogP contribution in [0, 0.1) is 10.8 Å². The second-order valence-corrected chi connectivity index (χ2v) is 1.04. The van der Waals surface area contributed by atoms with E-state index in [1.54, 1.807) is 0 Å². The van der Waals surface area contributed by atoms with Gasteiger partial charge in [-0.15, -0.1) is 0 Å². The first kappa shape index (κ1) is 6.51. The third-order valence-corrected chi connectivity index (χ3v) is 0.550. The van der Waals surface area contributed by atoms with Crippen molar-refractivity contribution < 1.29 is 9.53 Å². The van der Waals surface area contributed by atoms with E-state index in [2.05, 4.69) is 31.4 Å². The van der Waals surface area contributed by atoms with E-state index in [9.17, 15) is 4.79 Å². The predicted octanol–water partition coefficient (Wildman–Crippen LogP) is 0.426. The molecule has 0 fully saturated rings. The molecular formula is C4H2BrO2. The van der Waals surface area contributed by atoms with Crippen molar-refractivity contribution in [3.05, 3.63) is 0 Å². The molecule has 0 aliphatic rings. The summed E-state index contributed by atoms with van der Waals surface area (Å²) in [5.41, 5.74) is 0. The molecule has 0 unspecified atom stereocenters. The standard InChI is InChI=1S/C4H2BrO2/c5-2-1-3-7-4-6/h3H2. The summed E-state index contributed by atoms with van der Waals surface area (Å²) in [4.78, 5) is 11.6. The lowest BCUT2D eigenvalue weighted by Crippen LogP contribution is -1.84. The van der Waals surface area contributed by atoms with Gasteiger partial charge in [0.05, 0.1) is 0 Å². The quantitative estimate of drug-likeness (QED) is 0.434. The van der Waals surface area contributed by atoms with E-state index in [0.717, 1.165) is 0 Å². The van der Waals surface area contributed by atoms with Gasteiger partial charge in [0.1, 0.15) is 0 Å². The van der Waals surface area contributed by atoms with Crippen LogP contribution in [0.3, 0.4) is 0 Å². The molecule has 0 amide bonds. The number of hydrogen-bond acceptors (Lipinski definition) is 2. The molecular weight excluding hydrogens is 160 g/mol. The maximum Gasteiger partial charge on any atom is 0.418 e. The zero-order chi connectivity index (χ0) is 5.54. The van der Waals surface area contributed by atoms with Crippen molar-refractivity contribution in [3.8, 4) is 10.8 Å². The van der Waals surface area contributed by atoms with Crippen molar-refractivity contribution in [3.63, 3.8) is 0 Å². The monoisotopic (exact) mass is 161 g/mol. The highest BCUT2D eigenvalue weighted by Gasteiger charge is 1.70. The van der Waals surface area contributed by atoms with E-state index < -0.39 is 0 Å². The Morgan fingerprint density at radius 3 is 2.86 bits per heavy atom. The van der Waals surface area contributed by atoms with Gasteiger partial charge in [-0.25, -0.2) is 4.79 Å². The predicted molar refractivity (Wildman–Crippen MR) is 28.3 cm³/mol. The van der Waals surface area contributed by atoms with E-state index in [-0.39, 0.29) is 6.61 Å². The van der Waals surface area contributed by atoms with Crippen LogP contribution < -0.4 is 0 Å². The van der Waals surface area contributed by atoms with Gasteiger partial charge in [-0.1, -0.05) is 0 Å². The molecule has 7 heavy (non-hydrogen) atoms. The van der Waals surface area contributed by atoms with E-state index in [0.29, 0.717) is 0 Å². The Kier molecular flexibility index (Phi) is 5.12. The van der Waals surface area contributed by atoms with Gasteiger partial charge < -0.3 is 4.74 Å². The third kappa shape index (κ3) is 5.51. The Labute approximate surface area is 50.0 Å². The molecule has 0 atom stereocenters. The molecule has 0 heterocycles. The molecule has 0 aromatic carbocycles. The minimum absolute atomic E-state index is 0.106. The van der Waals surface area contributed by atoms with Gasteiger partial charge in [0.15, 0.2) is 6.61 Å². The number of halogens is 1. The van der Waals surface area contributed by atoms with Gasteiger partial charge in [-0.3, -0.25) is 0 Å². The zero-order valence-electron chi connectivity index (χ0n) is 3.40. The highest BCUT2D eigenvalue weighted by Crippen LogP contribution is 1.68. The molecule has 0 N–H and O–H groups in total. The van der Waals surface area contributed by atoms with Crippen molar-refractivity contribution in [2.45, 2.75) is 0 Å². The summed E-state index contributed by atoms with van der Waals surface area (Å²) >= 11 is 2.81. The summed E-state index contributed by atoms with van der Waals surface area (Å²) in [6.07, 6.45) is 0. The van der Waals surface area contributed by atoms with Crippen LogP contribution in [0.15, 0.2) is 0 Å². The summed E-state index contributed by atoms with van der Waals surface area (Å²) in [5.74, 6) is 2.43. The van der Waals surface area contributed by atoms with Crippen molar-refractivity contribution in [2.75, 3.05) is 6.61 Å². The highest BCUT2D eigenvalue weighted by atomic mass is 79.9. The summed E-state index contributed by atoms with van der Waals surface area (Å²) in [6, 6.07) is 0. The molecule has 0 rings (SSSR count). The fraction of sp³-hybridized carbons (Fsp3) is 0.250. The lowest BCUT2D eigenvalue weighted by molar-refractivity contribution is 0.319. The molecule has 1 radical (unpaired) electrons. The summed E-state index contributed by atoms with van der Waals surface area (Å²) in [5, 5.41) is 0. The number of carbonyl (C=O) groups excluding carboxylic acids is 1. The molecule has 0 aromatic rings. The second kappa shape index (κ2) is 5.51. The van der Waals surface area contributed by atoms with Crippen LogP contribution in [-0.4, -0.2) is 13.1 Å². The van der Waals surface area contributed by atoms with Gasteiger partial charge >= 0.3 is 6.47 Å². The molecule has 0 bridgehead atoms. The topological polar surface area (TPSA) is 26.3 Å². The lowest BCUT2D eigenvalue weighted by Gasteiger charge is -1.78. The average molecular weight is 162 g/mol. The number of rotatable bonds is 2. The highest BCUT2D eigenvalue weighted by molar-refractivity contribution is 9.12. The Hall–Kier alpha value is -0.490. The molecule has 2 nitrogen and oxygen atoms in total. The number of ether oxygens (including phenoxy) is 1. The molecule has 0 aliphatic heterocycles. The van der Waals surface area contributed by atoms with Crippen LogP contribution in [0.25, 0.3) is 0 Å². The minimum atomic E-state index is 0.106. The fourth-order valence-corrected chi connectivity index (χ4v) is 0.207. The van der Waals surface area contributed by atoms with Crippen molar-refractivity contribution in [2.24, 2.45) is 0 Å². The van der Waals surface area contributed by atoms with Crippen LogP contribution >= 0.6 is 15.9 Å². The van der Waals surface area contributed by atoms with E-state index in [1.807, 2.05) is 0 Å². The van der Waals surface area contributed by atoms with E-state index in [4.69, 9.17) is 0 Å². The first-order valence-electron chi connectivity index (χ1n) is 1.49. The summed E-state index contributed by atoms with van der Waals surface area (Å²) < 4.78 is 4.06. The number of hydrogen-bond donors (Lipinski definition) is 0. The van der Waals surface area contributed by atoms with Crippen LogP contribution in [0.2, 0.25) is 0 Å². The van der Waals surface area contributed by atoms with Crippen molar-refractivity contribution >= 4 is 22.4 Å². The molecule has 0 aliphatic carbocycles. The fourth-order valence-electron chi connectivity index (χ4n) is 0.0928. The van der Waals surface area contributed by atoms with Crippen molar-refractivity contribution in [1.82, 2.24) is 0 Å². The normalized spacial score (nSPS) is 5.86. The van der Waals surface area contributed by atoms with E-state index in [1.165, 1.54) is 6.47 Å². The largest absolute Gasteiger partial charge is 0.444 e. The van der Waals surface area contributed by atoms with Crippen molar-refractivity contribution in [1.29, 1.82) is 0 Å². The smallest absolute Gasteiger partial charge is 0.418 e. The first-order chi connectivity index (χ1) is 3.41. The molecule has 0 saturated heterocycles. The molecule has 0 saturated carbocycles. The maximum atomic E-state index is 9.25. The van der Waals surface area contributed by atoms with Crippen LogP contribution in [-0.2, 0) is 9.53 Å². The van der Waals surface area contributed by atoms with Gasteiger partial charge in [0.25, 0.3) is 0 Å². The minimum Gasteiger partial charge on any atom is -0.444 e. The maximum absolute atomic E-state index is 9.25. The van der Waals surface area contributed by atoms with E-state index >= 15 is 0 Å². The van der Waals surface area contributed by atoms with Crippen LogP contribution in [0.1, 0.15) is 0 Å². The first-order valence-corrected chi connectivity index (χ1v) is 2.28. The molecule has 37 valence electrons. The average Bonchev–Trinajstić information content (AvgIpc) is 1.69. The SMILES string of the molecule is O=[C]OCC#CBr. The van der Waals surface area contributed by atoms with Gasteiger partial charge in [0, 0.05) is 15.9 Å². The summed E-state index contributed by atoms with van der Waals surface area (Å²) in [7, 11) is 0. The zero-order valence-corrected chi connectivity index (χ0v) is 4.99. The second-order valence-electron chi connectivity index (χ2n) is 0.643. The Morgan fingerprint density at radius 1 is 1.71 bits per heavy atom. The van der Waals surface area contributed by atoms with Gasteiger partial charge in [0.2, 0.25) is 0 Å². The third-order valence-electron chi connectivity index (χ3n) is 0.270. The lowest BCUT2D eigenvalue weighted by atomic mass is 10.8. The summed E-state index contributed by atoms with van der Waals surface area (Å²) in [6.45, 7) is 1.34. The Morgan fingerprint density at radius 2 is 2.43 bits per heavy atom.